The Morgan fingerprint density at radius 1 is 0.909 bits per heavy atom. The van der Waals surface area contributed by atoms with Crippen LogP contribution in [0.25, 0.3) is 0 Å². The third-order valence-electron chi connectivity index (χ3n) is 1.40. The van der Waals surface area contributed by atoms with E-state index in [9.17, 15) is 0 Å². The van der Waals surface area contributed by atoms with Gasteiger partial charge in [0, 0.05) is 6.61 Å². The molecule has 0 saturated heterocycles. The van der Waals surface area contributed by atoms with E-state index >= 15 is 0 Å². The SMILES string of the molecule is OCCC(O)C(O)C(O)CO. The number of rotatable bonds is 5. The summed E-state index contributed by atoms with van der Waals surface area (Å²) in [4.78, 5) is 0. The van der Waals surface area contributed by atoms with Crippen molar-refractivity contribution in [2.24, 2.45) is 0 Å². The lowest BCUT2D eigenvalue weighted by molar-refractivity contribution is -0.0813. The predicted octanol–water partition coefficient (Wildman–Crippen LogP) is -2.56. The van der Waals surface area contributed by atoms with Crippen LogP contribution < -0.4 is 0 Å². The van der Waals surface area contributed by atoms with Crippen LogP contribution in [0.1, 0.15) is 6.42 Å². The second-order valence-electron chi connectivity index (χ2n) is 2.32. The molecular formula is C6H14O5. The molecule has 0 saturated carbocycles. The molecule has 5 nitrogen and oxygen atoms in total. The van der Waals surface area contributed by atoms with Crippen LogP contribution in [0.5, 0.6) is 0 Å². The first-order valence-electron chi connectivity index (χ1n) is 3.39. The first-order chi connectivity index (χ1) is 5.13. The van der Waals surface area contributed by atoms with Gasteiger partial charge in [0.2, 0.25) is 0 Å². The fourth-order valence-electron chi connectivity index (χ4n) is 0.667. The third-order valence-corrected chi connectivity index (χ3v) is 1.40. The van der Waals surface area contributed by atoms with Gasteiger partial charge >= 0.3 is 0 Å². The Hall–Kier alpha value is -0.200. The molecule has 0 rings (SSSR count). The summed E-state index contributed by atoms with van der Waals surface area (Å²) in [5.41, 5.74) is 0. The van der Waals surface area contributed by atoms with Crippen molar-refractivity contribution in [2.45, 2.75) is 24.7 Å². The normalized spacial score (nSPS) is 19.4. The van der Waals surface area contributed by atoms with Crippen molar-refractivity contribution in [3.8, 4) is 0 Å². The molecule has 0 aliphatic heterocycles. The average molecular weight is 166 g/mol. The Morgan fingerprint density at radius 2 is 1.45 bits per heavy atom. The zero-order valence-corrected chi connectivity index (χ0v) is 6.09. The van der Waals surface area contributed by atoms with Gasteiger partial charge in [-0.25, -0.2) is 0 Å². The van der Waals surface area contributed by atoms with Crippen molar-refractivity contribution in [3.63, 3.8) is 0 Å². The summed E-state index contributed by atoms with van der Waals surface area (Å²) in [7, 11) is 0. The van der Waals surface area contributed by atoms with Crippen molar-refractivity contribution >= 4 is 0 Å². The summed E-state index contributed by atoms with van der Waals surface area (Å²) in [5.74, 6) is 0. The summed E-state index contributed by atoms with van der Waals surface area (Å²) in [6, 6.07) is 0. The molecule has 0 aromatic heterocycles. The Morgan fingerprint density at radius 3 is 1.82 bits per heavy atom. The molecule has 3 unspecified atom stereocenters. The fraction of sp³-hybridized carbons (Fsp3) is 1.00. The van der Waals surface area contributed by atoms with Crippen LogP contribution in [0, 0.1) is 0 Å². The minimum absolute atomic E-state index is 0.0156. The number of aliphatic hydroxyl groups excluding tert-OH is 5. The summed E-state index contributed by atoms with van der Waals surface area (Å²) in [6.45, 7) is -0.875. The maximum absolute atomic E-state index is 8.95. The molecular weight excluding hydrogens is 152 g/mol. The Kier molecular flexibility index (Phi) is 5.35. The topological polar surface area (TPSA) is 101 Å². The van der Waals surface area contributed by atoms with Crippen molar-refractivity contribution in [1.29, 1.82) is 0 Å². The van der Waals surface area contributed by atoms with Gasteiger partial charge in [-0.3, -0.25) is 0 Å². The van der Waals surface area contributed by atoms with Gasteiger partial charge in [0.05, 0.1) is 12.7 Å². The van der Waals surface area contributed by atoms with Gasteiger partial charge in [-0.05, 0) is 6.42 Å². The molecule has 0 fully saturated rings. The van der Waals surface area contributed by atoms with E-state index in [1.165, 1.54) is 0 Å². The molecule has 3 atom stereocenters. The molecule has 68 valence electrons. The molecule has 0 aliphatic rings. The second-order valence-corrected chi connectivity index (χ2v) is 2.32. The van der Waals surface area contributed by atoms with Crippen LogP contribution in [0.2, 0.25) is 0 Å². The van der Waals surface area contributed by atoms with Gasteiger partial charge in [0.1, 0.15) is 12.2 Å². The highest BCUT2D eigenvalue weighted by molar-refractivity contribution is 4.73. The van der Waals surface area contributed by atoms with E-state index < -0.39 is 24.9 Å². The van der Waals surface area contributed by atoms with Gasteiger partial charge in [0.25, 0.3) is 0 Å². The first-order valence-corrected chi connectivity index (χ1v) is 3.39. The standard InChI is InChI=1S/C6H14O5/c7-2-1-4(9)6(11)5(10)3-8/h4-11H,1-3H2. The highest BCUT2D eigenvalue weighted by Crippen LogP contribution is 2.02. The molecule has 0 bridgehead atoms. The lowest BCUT2D eigenvalue weighted by Crippen LogP contribution is -2.39. The van der Waals surface area contributed by atoms with Crippen LogP contribution in [-0.2, 0) is 0 Å². The highest BCUT2D eigenvalue weighted by atomic mass is 16.4. The van der Waals surface area contributed by atoms with Crippen LogP contribution in [0.15, 0.2) is 0 Å². The predicted molar refractivity (Wildman–Crippen MR) is 36.8 cm³/mol. The average Bonchev–Trinajstić information content (AvgIpc) is 2.02. The first kappa shape index (κ1) is 10.8. The van der Waals surface area contributed by atoms with Crippen LogP contribution in [0.4, 0.5) is 0 Å². The molecule has 0 aliphatic carbocycles. The monoisotopic (exact) mass is 166 g/mol. The molecule has 0 amide bonds. The Bertz CT molecular complexity index is 97.0. The molecule has 5 N–H and O–H groups in total. The van der Waals surface area contributed by atoms with Crippen molar-refractivity contribution in [1.82, 2.24) is 0 Å². The number of aliphatic hydroxyl groups is 5. The second kappa shape index (κ2) is 5.45. The summed E-state index contributed by atoms with van der Waals surface area (Å²) < 4.78 is 0. The van der Waals surface area contributed by atoms with E-state index in [4.69, 9.17) is 25.5 Å². The molecule has 0 heterocycles. The fourth-order valence-corrected chi connectivity index (χ4v) is 0.667. The van der Waals surface area contributed by atoms with Crippen molar-refractivity contribution in [2.75, 3.05) is 13.2 Å². The minimum atomic E-state index is -1.40. The maximum Gasteiger partial charge on any atom is 0.108 e. The van der Waals surface area contributed by atoms with Crippen LogP contribution >= 0.6 is 0 Å². The van der Waals surface area contributed by atoms with Gasteiger partial charge in [-0.2, -0.15) is 0 Å². The number of hydrogen-bond donors (Lipinski definition) is 5. The molecule has 0 aromatic carbocycles. The molecule has 0 aromatic rings. The molecule has 11 heavy (non-hydrogen) atoms. The quantitative estimate of drug-likeness (QED) is 0.309. The highest BCUT2D eigenvalue weighted by Gasteiger charge is 2.22. The van der Waals surface area contributed by atoms with Gasteiger partial charge in [-0.1, -0.05) is 0 Å². The summed E-state index contributed by atoms with van der Waals surface area (Å²) in [5, 5.41) is 43.3. The lowest BCUT2D eigenvalue weighted by atomic mass is 10.1. The lowest BCUT2D eigenvalue weighted by Gasteiger charge is -2.20. The van der Waals surface area contributed by atoms with E-state index in [1.54, 1.807) is 0 Å². The molecule has 0 radical (unpaired) electrons. The zero-order valence-electron chi connectivity index (χ0n) is 6.09. The van der Waals surface area contributed by atoms with Crippen LogP contribution in [-0.4, -0.2) is 57.1 Å². The van der Waals surface area contributed by atoms with E-state index in [-0.39, 0.29) is 13.0 Å². The zero-order chi connectivity index (χ0) is 8.85. The summed E-state index contributed by atoms with van der Waals surface area (Å²) >= 11 is 0. The van der Waals surface area contributed by atoms with Crippen LogP contribution in [0.3, 0.4) is 0 Å². The Balaban J connectivity index is 3.70. The van der Waals surface area contributed by atoms with E-state index in [2.05, 4.69) is 0 Å². The largest absolute Gasteiger partial charge is 0.396 e. The van der Waals surface area contributed by atoms with E-state index in [0.717, 1.165) is 0 Å². The van der Waals surface area contributed by atoms with Gasteiger partial charge in [0.15, 0.2) is 0 Å². The Labute approximate surface area is 64.5 Å². The van der Waals surface area contributed by atoms with E-state index in [1.807, 2.05) is 0 Å². The van der Waals surface area contributed by atoms with Gasteiger partial charge < -0.3 is 25.5 Å². The smallest absolute Gasteiger partial charge is 0.108 e. The molecule has 0 spiro atoms. The minimum Gasteiger partial charge on any atom is -0.396 e. The third kappa shape index (κ3) is 3.64. The van der Waals surface area contributed by atoms with E-state index in [0.29, 0.717) is 0 Å². The number of hydrogen-bond acceptors (Lipinski definition) is 5. The van der Waals surface area contributed by atoms with Gasteiger partial charge in [-0.15, -0.1) is 0 Å². The summed E-state index contributed by atoms with van der Waals surface area (Å²) in [6.07, 6.45) is -3.95. The van der Waals surface area contributed by atoms with Crippen molar-refractivity contribution < 1.29 is 25.5 Å². The molecule has 5 heteroatoms. The van der Waals surface area contributed by atoms with Crippen molar-refractivity contribution in [3.05, 3.63) is 0 Å². The maximum atomic E-state index is 8.95.